The summed E-state index contributed by atoms with van der Waals surface area (Å²) in [5, 5.41) is 3.30. The van der Waals surface area contributed by atoms with Crippen LogP contribution in [-0.2, 0) is 14.9 Å². The Bertz CT molecular complexity index is 375. The molecule has 2 N–H and O–H groups in total. The van der Waals surface area contributed by atoms with Crippen LogP contribution in [0.3, 0.4) is 0 Å². The minimum absolute atomic E-state index is 0.341. The van der Waals surface area contributed by atoms with Crippen molar-refractivity contribution >= 4 is 10.2 Å². The predicted molar refractivity (Wildman–Crippen MR) is 83.4 cm³/mol. The molecule has 0 radical (unpaired) electrons. The van der Waals surface area contributed by atoms with Crippen molar-refractivity contribution in [1.29, 1.82) is 0 Å². The van der Waals surface area contributed by atoms with Gasteiger partial charge < -0.3 is 10.1 Å². The lowest BCUT2D eigenvalue weighted by atomic mass is 10.1. The standard InChI is InChI=1S/C14H29N3O3S/c18-21(19,17-11-3-1-2-4-12-17)16-8-5-13-20-14-6-9-15-10-7-14/h14-16H,1-13H2. The largest absolute Gasteiger partial charge is 0.378 e. The van der Waals surface area contributed by atoms with Crippen LogP contribution in [0.4, 0.5) is 0 Å². The van der Waals surface area contributed by atoms with Gasteiger partial charge in [0.15, 0.2) is 0 Å². The fourth-order valence-electron chi connectivity index (χ4n) is 2.86. The van der Waals surface area contributed by atoms with Crippen molar-refractivity contribution in [2.24, 2.45) is 0 Å². The molecular weight excluding hydrogens is 290 g/mol. The molecule has 0 aromatic rings. The molecule has 0 unspecified atom stereocenters. The molecule has 2 rings (SSSR count). The topological polar surface area (TPSA) is 70.7 Å². The highest BCUT2D eigenvalue weighted by Crippen LogP contribution is 2.12. The van der Waals surface area contributed by atoms with Gasteiger partial charge in [0.2, 0.25) is 0 Å². The van der Waals surface area contributed by atoms with E-state index in [0.29, 0.717) is 32.3 Å². The first-order valence-corrected chi connectivity index (χ1v) is 9.69. The van der Waals surface area contributed by atoms with E-state index in [-0.39, 0.29) is 0 Å². The summed E-state index contributed by atoms with van der Waals surface area (Å²) in [5.74, 6) is 0. The zero-order valence-electron chi connectivity index (χ0n) is 12.8. The van der Waals surface area contributed by atoms with Gasteiger partial charge in [0.05, 0.1) is 6.10 Å². The van der Waals surface area contributed by atoms with Gasteiger partial charge in [0.25, 0.3) is 10.2 Å². The third-order valence-electron chi connectivity index (χ3n) is 4.15. The Hall–Kier alpha value is -0.210. The maximum absolute atomic E-state index is 12.2. The summed E-state index contributed by atoms with van der Waals surface area (Å²) < 4.78 is 34.4. The maximum atomic E-state index is 12.2. The minimum atomic E-state index is -3.29. The number of hydrogen-bond acceptors (Lipinski definition) is 4. The summed E-state index contributed by atoms with van der Waals surface area (Å²) in [5.41, 5.74) is 0. The Kier molecular flexibility index (Phi) is 7.39. The van der Waals surface area contributed by atoms with Crippen LogP contribution < -0.4 is 10.0 Å². The van der Waals surface area contributed by atoms with E-state index in [1.165, 1.54) is 0 Å². The molecule has 2 aliphatic rings. The van der Waals surface area contributed by atoms with E-state index in [1.807, 2.05) is 0 Å². The normalized spacial score (nSPS) is 23.0. The minimum Gasteiger partial charge on any atom is -0.378 e. The van der Waals surface area contributed by atoms with Crippen molar-refractivity contribution in [3.05, 3.63) is 0 Å². The van der Waals surface area contributed by atoms with Crippen LogP contribution in [0, 0.1) is 0 Å². The first kappa shape index (κ1) is 17.1. The van der Waals surface area contributed by atoms with Gasteiger partial charge in [-0.3, -0.25) is 0 Å². The first-order valence-electron chi connectivity index (χ1n) is 8.25. The number of nitrogens with one attached hydrogen (secondary N) is 2. The highest BCUT2D eigenvalue weighted by Gasteiger charge is 2.22. The second-order valence-electron chi connectivity index (χ2n) is 5.89. The third-order valence-corrected chi connectivity index (χ3v) is 5.76. The lowest BCUT2D eigenvalue weighted by Crippen LogP contribution is -2.41. The quantitative estimate of drug-likeness (QED) is 0.683. The van der Waals surface area contributed by atoms with Crippen LogP contribution in [0.5, 0.6) is 0 Å². The molecule has 6 nitrogen and oxygen atoms in total. The number of ether oxygens (including phenoxy) is 1. The monoisotopic (exact) mass is 319 g/mol. The van der Waals surface area contributed by atoms with Gasteiger partial charge in [-0.2, -0.15) is 12.7 Å². The average molecular weight is 319 g/mol. The van der Waals surface area contributed by atoms with Crippen LogP contribution in [0.2, 0.25) is 0 Å². The molecule has 0 aromatic heterocycles. The Morgan fingerprint density at radius 3 is 2.43 bits per heavy atom. The van der Waals surface area contributed by atoms with Crippen molar-refractivity contribution in [3.8, 4) is 0 Å². The molecule has 0 aromatic carbocycles. The Labute approximate surface area is 128 Å². The molecule has 124 valence electrons. The second-order valence-corrected chi connectivity index (χ2v) is 7.64. The number of piperidine rings is 1. The molecule has 7 heteroatoms. The number of nitrogens with zero attached hydrogens (tertiary/aromatic N) is 1. The highest BCUT2D eigenvalue weighted by molar-refractivity contribution is 7.87. The highest BCUT2D eigenvalue weighted by atomic mass is 32.2. The van der Waals surface area contributed by atoms with E-state index in [1.54, 1.807) is 4.31 Å². The molecule has 0 spiro atoms. The maximum Gasteiger partial charge on any atom is 0.279 e. The molecule has 0 atom stereocenters. The Balaban J connectivity index is 1.60. The van der Waals surface area contributed by atoms with Crippen LogP contribution in [0.1, 0.15) is 44.9 Å². The zero-order valence-corrected chi connectivity index (χ0v) is 13.7. The Morgan fingerprint density at radius 2 is 1.76 bits per heavy atom. The van der Waals surface area contributed by atoms with E-state index in [2.05, 4.69) is 10.0 Å². The van der Waals surface area contributed by atoms with Crippen molar-refractivity contribution < 1.29 is 13.2 Å². The molecule has 2 saturated heterocycles. The van der Waals surface area contributed by atoms with Gasteiger partial charge in [0.1, 0.15) is 0 Å². The summed E-state index contributed by atoms with van der Waals surface area (Å²) >= 11 is 0. The van der Waals surface area contributed by atoms with E-state index >= 15 is 0 Å². The summed E-state index contributed by atoms with van der Waals surface area (Å²) in [6, 6.07) is 0. The van der Waals surface area contributed by atoms with Crippen LogP contribution in [0.15, 0.2) is 0 Å². The Morgan fingerprint density at radius 1 is 1.10 bits per heavy atom. The lowest BCUT2D eigenvalue weighted by molar-refractivity contribution is 0.0322. The number of rotatable bonds is 7. The predicted octanol–water partition coefficient (Wildman–Crippen LogP) is 0.856. The van der Waals surface area contributed by atoms with Crippen LogP contribution in [-0.4, -0.2) is 58.2 Å². The second kappa shape index (κ2) is 9.05. The van der Waals surface area contributed by atoms with Gasteiger partial charge in [-0.25, -0.2) is 4.72 Å². The number of hydrogen-bond donors (Lipinski definition) is 2. The zero-order chi connectivity index (χ0) is 15.0. The van der Waals surface area contributed by atoms with Crippen molar-refractivity contribution in [1.82, 2.24) is 14.3 Å². The lowest BCUT2D eigenvalue weighted by Gasteiger charge is -2.23. The van der Waals surface area contributed by atoms with E-state index < -0.39 is 10.2 Å². The summed E-state index contributed by atoms with van der Waals surface area (Å²) in [4.78, 5) is 0. The molecule has 0 saturated carbocycles. The first-order chi connectivity index (χ1) is 10.2. The van der Waals surface area contributed by atoms with Gasteiger partial charge in [-0.05, 0) is 45.2 Å². The van der Waals surface area contributed by atoms with Crippen molar-refractivity contribution in [3.63, 3.8) is 0 Å². The van der Waals surface area contributed by atoms with Crippen molar-refractivity contribution in [2.45, 2.75) is 51.0 Å². The van der Waals surface area contributed by atoms with Gasteiger partial charge in [0, 0.05) is 26.2 Å². The third kappa shape index (κ3) is 6.20. The molecule has 0 aliphatic carbocycles. The van der Waals surface area contributed by atoms with E-state index in [0.717, 1.165) is 58.0 Å². The van der Waals surface area contributed by atoms with Crippen molar-refractivity contribution in [2.75, 3.05) is 39.3 Å². The molecule has 2 aliphatic heterocycles. The van der Waals surface area contributed by atoms with Gasteiger partial charge in [-0.1, -0.05) is 12.8 Å². The summed E-state index contributed by atoms with van der Waals surface area (Å²) in [6.45, 7) is 4.44. The molecule has 2 heterocycles. The van der Waals surface area contributed by atoms with Gasteiger partial charge in [-0.15, -0.1) is 0 Å². The molecule has 0 amide bonds. The van der Waals surface area contributed by atoms with Crippen LogP contribution in [0.25, 0.3) is 0 Å². The summed E-state index contributed by atoms with van der Waals surface area (Å²) in [7, 11) is -3.29. The fourth-order valence-corrected chi connectivity index (χ4v) is 4.18. The van der Waals surface area contributed by atoms with Gasteiger partial charge >= 0.3 is 0 Å². The SMILES string of the molecule is O=S(=O)(NCCCOC1CCNCC1)N1CCCCCC1. The van der Waals surface area contributed by atoms with E-state index in [4.69, 9.17) is 4.74 Å². The fraction of sp³-hybridized carbons (Fsp3) is 1.00. The molecule has 0 bridgehead atoms. The molecule has 2 fully saturated rings. The van der Waals surface area contributed by atoms with Crippen LogP contribution >= 0.6 is 0 Å². The van der Waals surface area contributed by atoms with E-state index in [9.17, 15) is 8.42 Å². The average Bonchev–Trinajstić information content (AvgIpc) is 2.77. The molecular formula is C14H29N3O3S. The smallest absolute Gasteiger partial charge is 0.279 e. The summed E-state index contributed by atoms with van der Waals surface area (Å²) in [6.07, 6.45) is 7.40. The molecule has 21 heavy (non-hydrogen) atoms.